The Hall–Kier alpha value is -2.33. The topological polar surface area (TPSA) is 49.4 Å². The summed E-state index contributed by atoms with van der Waals surface area (Å²) in [5, 5.41) is 3.58. The van der Waals surface area contributed by atoms with Crippen LogP contribution in [0.1, 0.15) is 29.5 Å². The minimum Gasteiger partial charge on any atom is -0.342 e. The third-order valence-corrected chi connectivity index (χ3v) is 5.54. The first-order valence-electron chi connectivity index (χ1n) is 9.32. The number of hydrogen-bond acceptors (Lipinski definition) is 2. The van der Waals surface area contributed by atoms with Crippen LogP contribution in [0, 0.1) is 19.8 Å². The number of likely N-dealkylation sites (tertiary alicyclic amines) is 1. The van der Waals surface area contributed by atoms with Crippen LogP contribution in [0.4, 0.5) is 5.69 Å². The molecule has 5 heteroatoms. The summed E-state index contributed by atoms with van der Waals surface area (Å²) in [6.07, 6.45) is 1.79. The van der Waals surface area contributed by atoms with E-state index in [1.54, 1.807) is 6.07 Å². The van der Waals surface area contributed by atoms with Gasteiger partial charge in [0.15, 0.2) is 0 Å². The smallest absolute Gasteiger partial charge is 0.227 e. The number of piperidine rings is 1. The van der Waals surface area contributed by atoms with Crippen LogP contribution in [0.25, 0.3) is 0 Å². The van der Waals surface area contributed by atoms with Gasteiger partial charge in [-0.25, -0.2) is 0 Å². The van der Waals surface area contributed by atoms with Crippen LogP contribution in [-0.4, -0.2) is 29.8 Å². The van der Waals surface area contributed by atoms with Gasteiger partial charge in [0.2, 0.25) is 11.8 Å². The molecule has 2 amide bonds. The number of anilines is 1. The minimum absolute atomic E-state index is 0.000512. The molecule has 142 valence electrons. The highest BCUT2D eigenvalue weighted by molar-refractivity contribution is 6.31. The van der Waals surface area contributed by atoms with Gasteiger partial charge in [0.1, 0.15) is 0 Å². The summed E-state index contributed by atoms with van der Waals surface area (Å²) in [6, 6.07) is 13.6. The SMILES string of the molecule is Cc1ccc(CC(=O)N2CCC(C(=O)Nc3ccc(C)c(Cl)c3)CC2)cc1. The van der Waals surface area contributed by atoms with Crippen LogP contribution in [0.2, 0.25) is 5.02 Å². The molecule has 1 saturated heterocycles. The number of benzene rings is 2. The Balaban J connectivity index is 1.50. The number of rotatable bonds is 4. The summed E-state index contributed by atoms with van der Waals surface area (Å²) in [5.74, 6) is 0.0529. The number of nitrogens with zero attached hydrogens (tertiary/aromatic N) is 1. The molecule has 0 aliphatic carbocycles. The second kappa shape index (κ2) is 8.57. The van der Waals surface area contributed by atoms with Gasteiger partial charge in [-0.1, -0.05) is 47.5 Å². The summed E-state index contributed by atoms with van der Waals surface area (Å²) >= 11 is 6.12. The van der Waals surface area contributed by atoms with E-state index in [2.05, 4.69) is 5.32 Å². The lowest BCUT2D eigenvalue weighted by Gasteiger charge is -2.31. The van der Waals surface area contributed by atoms with Crippen molar-refractivity contribution in [3.8, 4) is 0 Å². The van der Waals surface area contributed by atoms with E-state index >= 15 is 0 Å². The number of nitrogens with one attached hydrogen (secondary N) is 1. The number of amides is 2. The van der Waals surface area contributed by atoms with Gasteiger partial charge in [0.25, 0.3) is 0 Å². The predicted octanol–water partition coefficient (Wildman–Crippen LogP) is 4.38. The van der Waals surface area contributed by atoms with Crippen LogP contribution in [-0.2, 0) is 16.0 Å². The molecule has 0 unspecified atom stereocenters. The average molecular weight is 385 g/mol. The Bertz CT molecular complexity index is 825. The molecule has 0 radical (unpaired) electrons. The Morgan fingerprint density at radius 1 is 1.07 bits per heavy atom. The first kappa shape index (κ1) is 19.4. The van der Waals surface area contributed by atoms with Crippen molar-refractivity contribution < 1.29 is 9.59 Å². The number of aryl methyl sites for hydroxylation is 2. The van der Waals surface area contributed by atoms with E-state index in [0.29, 0.717) is 43.1 Å². The standard InChI is InChI=1S/C22H25ClN2O2/c1-15-3-6-17(7-4-15)13-21(26)25-11-9-18(10-12-25)22(27)24-19-8-5-16(2)20(23)14-19/h3-8,14,18H,9-13H2,1-2H3,(H,24,27). The van der Waals surface area contributed by atoms with E-state index in [9.17, 15) is 9.59 Å². The highest BCUT2D eigenvalue weighted by Crippen LogP contribution is 2.23. The summed E-state index contributed by atoms with van der Waals surface area (Å²) < 4.78 is 0. The Morgan fingerprint density at radius 2 is 1.74 bits per heavy atom. The zero-order valence-electron chi connectivity index (χ0n) is 15.8. The van der Waals surface area contributed by atoms with Crippen LogP contribution in [0.15, 0.2) is 42.5 Å². The molecule has 2 aromatic rings. The third-order valence-electron chi connectivity index (χ3n) is 5.13. The van der Waals surface area contributed by atoms with Crippen LogP contribution >= 0.6 is 11.6 Å². The summed E-state index contributed by atoms with van der Waals surface area (Å²) in [5.41, 5.74) is 3.91. The molecule has 0 bridgehead atoms. The van der Waals surface area contributed by atoms with Crippen molar-refractivity contribution in [1.29, 1.82) is 0 Å². The van der Waals surface area contributed by atoms with Gasteiger partial charge in [-0.3, -0.25) is 9.59 Å². The first-order valence-corrected chi connectivity index (χ1v) is 9.70. The van der Waals surface area contributed by atoms with Gasteiger partial charge in [-0.15, -0.1) is 0 Å². The Labute approximate surface area is 165 Å². The van der Waals surface area contributed by atoms with E-state index in [-0.39, 0.29) is 17.7 Å². The van der Waals surface area contributed by atoms with E-state index in [0.717, 1.165) is 11.1 Å². The summed E-state index contributed by atoms with van der Waals surface area (Å²) in [7, 11) is 0. The largest absolute Gasteiger partial charge is 0.342 e. The maximum atomic E-state index is 12.5. The molecule has 0 spiro atoms. The molecular weight excluding hydrogens is 360 g/mol. The van der Waals surface area contributed by atoms with E-state index in [4.69, 9.17) is 11.6 Å². The molecule has 0 atom stereocenters. The fourth-order valence-corrected chi connectivity index (χ4v) is 3.48. The van der Waals surface area contributed by atoms with Gasteiger partial charge >= 0.3 is 0 Å². The van der Waals surface area contributed by atoms with E-state index in [1.165, 1.54) is 5.56 Å². The molecule has 1 fully saturated rings. The molecule has 3 rings (SSSR count). The fourth-order valence-electron chi connectivity index (χ4n) is 3.30. The Kier molecular flexibility index (Phi) is 6.17. The number of halogens is 1. The number of carbonyl (C=O) groups excluding carboxylic acids is 2. The molecule has 0 aromatic heterocycles. The van der Waals surface area contributed by atoms with Gasteiger partial charge in [0, 0.05) is 29.7 Å². The van der Waals surface area contributed by atoms with Crippen molar-refractivity contribution in [2.75, 3.05) is 18.4 Å². The lowest BCUT2D eigenvalue weighted by atomic mass is 9.95. The summed E-state index contributed by atoms with van der Waals surface area (Å²) in [6.45, 7) is 5.21. The highest BCUT2D eigenvalue weighted by Gasteiger charge is 2.27. The molecule has 1 N–H and O–H groups in total. The monoisotopic (exact) mass is 384 g/mol. The molecule has 1 heterocycles. The maximum Gasteiger partial charge on any atom is 0.227 e. The molecule has 27 heavy (non-hydrogen) atoms. The summed E-state index contributed by atoms with van der Waals surface area (Å²) in [4.78, 5) is 26.9. The van der Waals surface area contributed by atoms with Crippen LogP contribution in [0.5, 0.6) is 0 Å². The van der Waals surface area contributed by atoms with Gasteiger partial charge in [0.05, 0.1) is 6.42 Å². The lowest BCUT2D eigenvalue weighted by molar-refractivity contribution is -0.133. The molecule has 0 saturated carbocycles. The molecular formula is C22H25ClN2O2. The fraction of sp³-hybridized carbons (Fsp3) is 0.364. The van der Waals surface area contributed by atoms with Gasteiger partial charge in [-0.05, 0) is 49.9 Å². The van der Waals surface area contributed by atoms with Crippen molar-refractivity contribution in [1.82, 2.24) is 4.90 Å². The van der Waals surface area contributed by atoms with Crippen molar-refractivity contribution in [3.05, 3.63) is 64.2 Å². The molecule has 1 aliphatic rings. The maximum absolute atomic E-state index is 12.5. The zero-order chi connectivity index (χ0) is 19.4. The Morgan fingerprint density at radius 3 is 2.37 bits per heavy atom. The van der Waals surface area contributed by atoms with Gasteiger partial charge in [-0.2, -0.15) is 0 Å². The highest BCUT2D eigenvalue weighted by atomic mass is 35.5. The first-order chi connectivity index (χ1) is 12.9. The third kappa shape index (κ3) is 5.10. The second-order valence-corrected chi connectivity index (χ2v) is 7.68. The lowest BCUT2D eigenvalue weighted by Crippen LogP contribution is -2.42. The van der Waals surface area contributed by atoms with E-state index < -0.39 is 0 Å². The molecule has 4 nitrogen and oxygen atoms in total. The van der Waals surface area contributed by atoms with Crippen molar-refractivity contribution in [2.24, 2.45) is 5.92 Å². The molecule has 1 aliphatic heterocycles. The normalized spacial score (nSPS) is 14.9. The quantitative estimate of drug-likeness (QED) is 0.850. The van der Waals surface area contributed by atoms with E-state index in [1.807, 2.05) is 55.1 Å². The number of hydrogen-bond donors (Lipinski definition) is 1. The van der Waals surface area contributed by atoms with Crippen LogP contribution < -0.4 is 5.32 Å². The molecule has 2 aromatic carbocycles. The van der Waals surface area contributed by atoms with Gasteiger partial charge < -0.3 is 10.2 Å². The average Bonchev–Trinajstić information content (AvgIpc) is 2.66. The predicted molar refractivity (Wildman–Crippen MR) is 109 cm³/mol. The van der Waals surface area contributed by atoms with Crippen molar-refractivity contribution in [3.63, 3.8) is 0 Å². The van der Waals surface area contributed by atoms with Crippen molar-refractivity contribution >= 4 is 29.1 Å². The van der Waals surface area contributed by atoms with Crippen LogP contribution in [0.3, 0.4) is 0 Å². The minimum atomic E-state index is -0.0755. The second-order valence-electron chi connectivity index (χ2n) is 7.27. The number of carbonyl (C=O) groups is 2. The zero-order valence-corrected chi connectivity index (χ0v) is 16.6. The van der Waals surface area contributed by atoms with Crippen molar-refractivity contribution in [2.45, 2.75) is 33.1 Å².